The van der Waals surface area contributed by atoms with E-state index in [0.29, 0.717) is 35.6 Å². The van der Waals surface area contributed by atoms with Gasteiger partial charge in [0, 0.05) is 18.7 Å². The van der Waals surface area contributed by atoms with E-state index in [4.69, 9.17) is 15.9 Å². The first-order valence-corrected chi connectivity index (χ1v) is 10.2. The number of piperidine rings is 1. The van der Waals surface area contributed by atoms with Crippen LogP contribution in [-0.4, -0.2) is 66.6 Å². The number of fused-ring (bicyclic) bond motifs is 1. The smallest absolute Gasteiger partial charge is 0.253 e. The van der Waals surface area contributed by atoms with Gasteiger partial charge in [0.1, 0.15) is 17.8 Å². The second kappa shape index (κ2) is 9.64. The van der Waals surface area contributed by atoms with Gasteiger partial charge in [-0.25, -0.2) is 14.6 Å². The van der Waals surface area contributed by atoms with E-state index in [1.807, 2.05) is 44.2 Å². The number of likely N-dealkylation sites (tertiary alicyclic amines) is 1. The van der Waals surface area contributed by atoms with Gasteiger partial charge in [-0.2, -0.15) is 5.10 Å². The standard InChI is InChI=1S/C19H22N6O3.C2H6/c20-17-15-16(12-5-2-1-3-6-12)23-25(18(15)22-11-21-17)13-7-4-8-24(9-13)19(28)14(27)10-26;1-2/h1-3,5-6,11,13-14,26-27H,4,7-10H2,(H2,20,21,22);1-2H3. The molecule has 2 aromatic heterocycles. The van der Waals surface area contributed by atoms with Crippen molar-refractivity contribution in [1.82, 2.24) is 24.6 Å². The average molecular weight is 412 g/mol. The lowest BCUT2D eigenvalue weighted by atomic mass is 10.1. The molecule has 0 radical (unpaired) electrons. The number of aliphatic hydroxyl groups excluding tert-OH is 2. The molecule has 30 heavy (non-hydrogen) atoms. The van der Waals surface area contributed by atoms with Gasteiger partial charge in [0.15, 0.2) is 11.8 Å². The molecule has 1 fully saturated rings. The van der Waals surface area contributed by atoms with Gasteiger partial charge in [-0.05, 0) is 12.8 Å². The van der Waals surface area contributed by atoms with Crippen LogP contribution in [0.15, 0.2) is 36.7 Å². The Labute approximate surface area is 175 Å². The molecule has 9 heteroatoms. The summed E-state index contributed by atoms with van der Waals surface area (Å²) in [5, 5.41) is 24.2. The second-order valence-corrected chi connectivity index (χ2v) is 6.90. The van der Waals surface area contributed by atoms with Crippen molar-refractivity contribution in [3.63, 3.8) is 0 Å². The van der Waals surface area contributed by atoms with Crippen LogP contribution in [-0.2, 0) is 4.79 Å². The summed E-state index contributed by atoms with van der Waals surface area (Å²) in [6.07, 6.45) is 1.59. The van der Waals surface area contributed by atoms with Crippen LogP contribution in [0.5, 0.6) is 0 Å². The molecule has 0 saturated carbocycles. The topological polar surface area (TPSA) is 130 Å². The van der Waals surface area contributed by atoms with E-state index in [0.717, 1.165) is 18.4 Å². The maximum Gasteiger partial charge on any atom is 0.253 e. The SMILES string of the molecule is CC.Nc1ncnc2c1c(-c1ccccc1)nn2C1CCCN(C(=O)C(O)CO)C1. The van der Waals surface area contributed by atoms with Crippen LogP contribution >= 0.6 is 0 Å². The normalized spacial score (nSPS) is 17.3. The molecule has 2 atom stereocenters. The maximum atomic E-state index is 12.3. The minimum Gasteiger partial charge on any atom is -0.393 e. The predicted octanol–water partition coefficient (Wildman–Crippen LogP) is 1.62. The van der Waals surface area contributed by atoms with Crippen LogP contribution in [0.2, 0.25) is 0 Å². The highest BCUT2D eigenvalue weighted by atomic mass is 16.3. The number of hydrogen-bond acceptors (Lipinski definition) is 7. The summed E-state index contributed by atoms with van der Waals surface area (Å²) >= 11 is 0. The van der Waals surface area contributed by atoms with Gasteiger partial charge in [0.25, 0.3) is 5.91 Å². The molecule has 4 rings (SSSR count). The fraction of sp³-hybridized carbons (Fsp3) is 0.429. The van der Waals surface area contributed by atoms with Crippen LogP contribution in [0.4, 0.5) is 5.82 Å². The largest absolute Gasteiger partial charge is 0.393 e. The highest BCUT2D eigenvalue weighted by molar-refractivity contribution is 5.98. The van der Waals surface area contributed by atoms with Crippen molar-refractivity contribution in [2.45, 2.75) is 38.8 Å². The third-order valence-electron chi connectivity index (χ3n) is 5.08. The second-order valence-electron chi connectivity index (χ2n) is 6.90. The van der Waals surface area contributed by atoms with Gasteiger partial charge in [0.05, 0.1) is 18.0 Å². The minimum atomic E-state index is -1.40. The summed E-state index contributed by atoms with van der Waals surface area (Å²) < 4.78 is 1.81. The van der Waals surface area contributed by atoms with Crippen molar-refractivity contribution in [3.05, 3.63) is 36.7 Å². The first kappa shape index (κ1) is 21.7. The fourth-order valence-corrected chi connectivity index (χ4v) is 3.69. The molecule has 3 aromatic rings. The summed E-state index contributed by atoms with van der Waals surface area (Å²) in [7, 11) is 0. The van der Waals surface area contributed by atoms with Gasteiger partial charge in [0.2, 0.25) is 0 Å². The molecule has 1 saturated heterocycles. The molecule has 3 heterocycles. The predicted molar refractivity (Wildman–Crippen MR) is 114 cm³/mol. The molecular weight excluding hydrogens is 384 g/mol. The Morgan fingerprint density at radius 2 is 2.00 bits per heavy atom. The van der Waals surface area contributed by atoms with Crippen molar-refractivity contribution in [3.8, 4) is 11.3 Å². The molecule has 1 aliphatic heterocycles. The number of nitrogens with two attached hydrogens (primary N) is 1. The van der Waals surface area contributed by atoms with Crippen LogP contribution in [0, 0.1) is 0 Å². The number of hydrogen-bond donors (Lipinski definition) is 3. The summed E-state index contributed by atoms with van der Waals surface area (Å²) in [6, 6.07) is 9.58. The molecule has 1 aliphatic rings. The Bertz CT molecular complexity index is 991. The third-order valence-corrected chi connectivity index (χ3v) is 5.08. The molecule has 160 valence electrons. The van der Waals surface area contributed by atoms with E-state index < -0.39 is 18.6 Å². The zero-order valence-electron chi connectivity index (χ0n) is 17.3. The van der Waals surface area contributed by atoms with Gasteiger partial charge in [-0.15, -0.1) is 0 Å². The third kappa shape index (κ3) is 4.12. The Kier molecular flexibility index (Phi) is 6.96. The van der Waals surface area contributed by atoms with Gasteiger partial charge < -0.3 is 20.8 Å². The van der Waals surface area contributed by atoms with Crippen molar-refractivity contribution in [1.29, 1.82) is 0 Å². The summed E-state index contributed by atoms with van der Waals surface area (Å²) in [4.78, 5) is 22.4. The Balaban J connectivity index is 0.00000124. The number of anilines is 1. The lowest BCUT2D eigenvalue weighted by Crippen LogP contribution is -2.46. The van der Waals surface area contributed by atoms with Crippen molar-refractivity contribution >= 4 is 22.8 Å². The number of carbonyl (C=O) groups excluding carboxylic acids is 1. The molecule has 9 nitrogen and oxygen atoms in total. The Hall–Kier alpha value is -3.04. The lowest BCUT2D eigenvalue weighted by molar-refractivity contribution is -0.143. The quantitative estimate of drug-likeness (QED) is 0.593. The zero-order valence-corrected chi connectivity index (χ0v) is 17.3. The van der Waals surface area contributed by atoms with E-state index in [2.05, 4.69) is 9.97 Å². The average Bonchev–Trinajstić information content (AvgIpc) is 3.21. The van der Waals surface area contributed by atoms with Gasteiger partial charge in [-0.3, -0.25) is 4.79 Å². The highest BCUT2D eigenvalue weighted by Crippen LogP contribution is 2.33. The molecule has 0 bridgehead atoms. The van der Waals surface area contributed by atoms with Crippen LogP contribution in [0.1, 0.15) is 32.7 Å². The summed E-state index contributed by atoms with van der Waals surface area (Å²) in [6.45, 7) is 4.33. The first-order chi connectivity index (χ1) is 14.6. The molecule has 4 N–H and O–H groups in total. The number of rotatable bonds is 4. The van der Waals surface area contributed by atoms with E-state index in [1.165, 1.54) is 6.33 Å². The highest BCUT2D eigenvalue weighted by Gasteiger charge is 2.30. The molecule has 1 aromatic carbocycles. The monoisotopic (exact) mass is 412 g/mol. The van der Waals surface area contributed by atoms with Crippen molar-refractivity contribution < 1.29 is 15.0 Å². The molecule has 0 aliphatic carbocycles. The number of aromatic nitrogens is 4. The Morgan fingerprint density at radius 3 is 2.70 bits per heavy atom. The van der Waals surface area contributed by atoms with Crippen molar-refractivity contribution in [2.24, 2.45) is 0 Å². The number of benzene rings is 1. The van der Waals surface area contributed by atoms with Gasteiger partial charge in [-0.1, -0.05) is 44.2 Å². The van der Waals surface area contributed by atoms with Crippen molar-refractivity contribution in [2.75, 3.05) is 25.4 Å². The number of aliphatic hydroxyl groups is 2. The van der Waals surface area contributed by atoms with Crippen LogP contribution < -0.4 is 5.73 Å². The number of nitrogen functional groups attached to an aromatic ring is 1. The van der Waals surface area contributed by atoms with Gasteiger partial charge >= 0.3 is 0 Å². The number of carbonyl (C=O) groups is 1. The lowest BCUT2D eigenvalue weighted by Gasteiger charge is -2.33. The number of amides is 1. The van der Waals surface area contributed by atoms with E-state index in [9.17, 15) is 9.90 Å². The minimum absolute atomic E-state index is 0.113. The zero-order chi connectivity index (χ0) is 21.7. The molecule has 1 amide bonds. The Morgan fingerprint density at radius 1 is 1.27 bits per heavy atom. The number of nitrogens with zero attached hydrogens (tertiary/aromatic N) is 5. The summed E-state index contributed by atoms with van der Waals surface area (Å²) in [5.41, 5.74) is 8.37. The summed E-state index contributed by atoms with van der Waals surface area (Å²) in [5.74, 6) is -0.115. The molecule has 2 unspecified atom stereocenters. The van der Waals surface area contributed by atoms with E-state index >= 15 is 0 Å². The van der Waals surface area contributed by atoms with E-state index in [-0.39, 0.29) is 6.04 Å². The van der Waals surface area contributed by atoms with Crippen LogP contribution in [0.3, 0.4) is 0 Å². The fourth-order valence-electron chi connectivity index (χ4n) is 3.69. The molecule has 0 spiro atoms. The maximum absolute atomic E-state index is 12.3. The van der Waals surface area contributed by atoms with Crippen LogP contribution in [0.25, 0.3) is 22.3 Å². The molecular formula is C21H28N6O3. The first-order valence-electron chi connectivity index (χ1n) is 10.2. The van der Waals surface area contributed by atoms with E-state index in [1.54, 1.807) is 9.58 Å².